The first kappa shape index (κ1) is 14.4. The van der Waals surface area contributed by atoms with E-state index < -0.39 is 0 Å². The Balaban J connectivity index is 2.09. The number of hydrogen-bond acceptors (Lipinski definition) is 3. The van der Waals surface area contributed by atoms with Gasteiger partial charge in [0.15, 0.2) is 0 Å². The molecule has 0 aliphatic carbocycles. The van der Waals surface area contributed by atoms with Crippen molar-refractivity contribution in [2.45, 2.75) is 31.8 Å². The molecule has 1 aliphatic heterocycles. The van der Waals surface area contributed by atoms with Gasteiger partial charge in [-0.15, -0.1) is 0 Å². The smallest absolute Gasteiger partial charge is 0.0366 e. The highest BCUT2D eigenvalue weighted by molar-refractivity contribution is 5.46. The highest BCUT2D eigenvalue weighted by Gasteiger charge is 2.26. The van der Waals surface area contributed by atoms with Crippen LogP contribution in [0.2, 0.25) is 0 Å². The second-order valence-electron chi connectivity index (χ2n) is 5.63. The molecular weight excluding hydrogens is 234 g/mol. The van der Waals surface area contributed by atoms with Gasteiger partial charge in [-0.05, 0) is 52.5 Å². The van der Waals surface area contributed by atoms with Crippen molar-refractivity contribution in [3.05, 3.63) is 30.3 Å². The Kier molecular flexibility index (Phi) is 5.23. The highest BCUT2D eigenvalue weighted by atomic mass is 15.2. The summed E-state index contributed by atoms with van der Waals surface area (Å²) in [6.45, 7) is 5.73. The molecule has 2 rings (SSSR count). The molecule has 2 unspecified atom stereocenters. The number of para-hydroxylation sites is 1. The maximum absolute atomic E-state index is 3.28. The van der Waals surface area contributed by atoms with Crippen molar-refractivity contribution >= 4 is 5.69 Å². The van der Waals surface area contributed by atoms with E-state index in [-0.39, 0.29) is 0 Å². The van der Waals surface area contributed by atoms with E-state index in [1.165, 1.54) is 18.5 Å². The largest absolute Gasteiger partial charge is 0.370 e. The molecule has 0 radical (unpaired) electrons. The summed E-state index contributed by atoms with van der Waals surface area (Å²) in [6.07, 6.45) is 2.45. The lowest BCUT2D eigenvalue weighted by atomic mass is 10.1. The Labute approximate surface area is 117 Å². The van der Waals surface area contributed by atoms with Crippen LogP contribution < -0.4 is 10.2 Å². The van der Waals surface area contributed by atoms with E-state index in [2.05, 4.69) is 59.4 Å². The molecule has 0 bridgehead atoms. The standard InChI is InChI=1S/C16H27N3/c1-14-10-12-19(15-7-5-4-6-8-15)13-16(18(14)3)9-11-17-2/h4-8,14,16-17H,9-13H2,1-3H3. The van der Waals surface area contributed by atoms with Gasteiger partial charge in [0.05, 0.1) is 0 Å². The van der Waals surface area contributed by atoms with E-state index in [0.29, 0.717) is 12.1 Å². The molecule has 1 N–H and O–H groups in total. The van der Waals surface area contributed by atoms with Crippen molar-refractivity contribution in [1.82, 2.24) is 10.2 Å². The number of likely N-dealkylation sites (N-methyl/N-ethyl adjacent to an activating group) is 1. The van der Waals surface area contributed by atoms with Crippen LogP contribution in [0.4, 0.5) is 5.69 Å². The maximum Gasteiger partial charge on any atom is 0.0366 e. The zero-order chi connectivity index (χ0) is 13.7. The molecule has 1 aromatic carbocycles. The normalized spacial score (nSPS) is 25.3. The van der Waals surface area contributed by atoms with Crippen molar-refractivity contribution in [2.24, 2.45) is 0 Å². The van der Waals surface area contributed by atoms with Crippen LogP contribution >= 0.6 is 0 Å². The van der Waals surface area contributed by atoms with Gasteiger partial charge >= 0.3 is 0 Å². The molecule has 3 heteroatoms. The molecule has 1 heterocycles. The molecule has 19 heavy (non-hydrogen) atoms. The van der Waals surface area contributed by atoms with Gasteiger partial charge in [-0.3, -0.25) is 4.90 Å². The van der Waals surface area contributed by atoms with Gasteiger partial charge in [0.1, 0.15) is 0 Å². The van der Waals surface area contributed by atoms with Gasteiger partial charge < -0.3 is 10.2 Å². The van der Waals surface area contributed by atoms with Gasteiger partial charge in [-0.2, -0.15) is 0 Å². The second-order valence-corrected chi connectivity index (χ2v) is 5.63. The number of hydrogen-bond donors (Lipinski definition) is 1. The summed E-state index contributed by atoms with van der Waals surface area (Å²) in [7, 11) is 4.31. The van der Waals surface area contributed by atoms with Gasteiger partial charge in [0.2, 0.25) is 0 Å². The van der Waals surface area contributed by atoms with Crippen molar-refractivity contribution in [1.29, 1.82) is 0 Å². The van der Waals surface area contributed by atoms with Crippen LogP contribution in [0, 0.1) is 0 Å². The van der Waals surface area contributed by atoms with E-state index in [4.69, 9.17) is 0 Å². The first-order valence-corrected chi connectivity index (χ1v) is 7.39. The first-order valence-electron chi connectivity index (χ1n) is 7.39. The fourth-order valence-corrected chi connectivity index (χ4v) is 2.86. The summed E-state index contributed by atoms with van der Waals surface area (Å²) in [5.41, 5.74) is 1.36. The summed E-state index contributed by atoms with van der Waals surface area (Å²) >= 11 is 0. The molecule has 1 saturated heterocycles. The third kappa shape index (κ3) is 3.71. The molecule has 0 amide bonds. The van der Waals surface area contributed by atoms with E-state index in [1.807, 2.05) is 7.05 Å². The maximum atomic E-state index is 3.28. The van der Waals surface area contributed by atoms with Gasteiger partial charge in [0, 0.05) is 30.9 Å². The molecule has 0 saturated carbocycles. The fraction of sp³-hybridized carbons (Fsp3) is 0.625. The molecule has 106 valence electrons. The Bertz CT molecular complexity index is 366. The van der Waals surface area contributed by atoms with Crippen LogP contribution in [0.3, 0.4) is 0 Å². The van der Waals surface area contributed by atoms with Crippen molar-refractivity contribution in [2.75, 3.05) is 38.6 Å². The van der Waals surface area contributed by atoms with Crippen LogP contribution in [-0.2, 0) is 0 Å². The van der Waals surface area contributed by atoms with E-state index in [1.54, 1.807) is 0 Å². The topological polar surface area (TPSA) is 18.5 Å². The number of benzene rings is 1. The van der Waals surface area contributed by atoms with Crippen LogP contribution in [0.5, 0.6) is 0 Å². The monoisotopic (exact) mass is 261 g/mol. The summed E-state index contributed by atoms with van der Waals surface area (Å²) in [4.78, 5) is 5.10. The molecular formula is C16H27N3. The van der Waals surface area contributed by atoms with Crippen molar-refractivity contribution < 1.29 is 0 Å². The molecule has 3 nitrogen and oxygen atoms in total. The lowest BCUT2D eigenvalue weighted by molar-refractivity contribution is 0.188. The fourth-order valence-electron chi connectivity index (χ4n) is 2.86. The summed E-state index contributed by atoms with van der Waals surface area (Å²) in [5, 5.41) is 3.28. The zero-order valence-electron chi connectivity index (χ0n) is 12.5. The van der Waals surface area contributed by atoms with Gasteiger partial charge in [0.25, 0.3) is 0 Å². The Morgan fingerprint density at radius 1 is 1.26 bits per heavy atom. The Morgan fingerprint density at radius 3 is 2.68 bits per heavy atom. The van der Waals surface area contributed by atoms with Gasteiger partial charge in [-0.1, -0.05) is 18.2 Å². The summed E-state index contributed by atoms with van der Waals surface area (Å²) in [5.74, 6) is 0. The molecule has 2 atom stereocenters. The van der Waals surface area contributed by atoms with Crippen LogP contribution in [0.25, 0.3) is 0 Å². The summed E-state index contributed by atoms with van der Waals surface area (Å²) in [6, 6.07) is 12.1. The van der Waals surface area contributed by atoms with Crippen molar-refractivity contribution in [3.63, 3.8) is 0 Å². The minimum absolute atomic E-state index is 0.630. The molecule has 0 spiro atoms. The molecule has 1 fully saturated rings. The average molecular weight is 261 g/mol. The van der Waals surface area contributed by atoms with E-state index in [0.717, 1.165) is 19.6 Å². The van der Waals surface area contributed by atoms with E-state index >= 15 is 0 Å². The predicted molar refractivity (Wildman–Crippen MR) is 82.8 cm³/mol. The minimum Gasteiger partial charge on any atom is -0.370 e. The molecule has 1 aliphatic rings. The SMILES string of the molecule is CNCCC1CN(c2ccccc2)CCC(C)N1C. The second kappa shape index (κ2) is 6.92. The number of anilines is 1. The van der Waals surface area contributed by atoms with E-state index in [9.17, 15) is 0 Å². The average Bonchev–Trinajstić information content (AvgIpc) is 2.59. The van der Waals surface area contributed by atoms with Crippen LogP contribution in [0.1, 0.15) is 19.8 Å². The Hall–Kier alpha value is -1.06. The predicted octanol–water partition coefficient (Wildman–Crippen LogP) is 2.20. The minimum atomic E-state index is 0.630. The number of nitrogens with zero attached hydrogens (tertiary/aromatic N) is 2. The third-order valence-corrected chi connectivity index (χ3v) is 4.37. The molecule has 1 aromatic rings. The van der Waals surface area contributed by atoms with Crippen LogP contribution in [-0.4, -0.2) is 50.7 Å². The lowest BCUT2D eigenvalue weighted by Crippen LogP contribution is -2.43. The van der Waals surface area contributed by atoms with Gasteiger partial charge in [-0.25, -0.2) is 0 Å². The highest BCUT2D eigenvalue weighted by Crippen LogP contribution is 2.21. The first-order chi connectivity index (χ1) is 9.22. The quantitative estimate of drug-likeness (QED) is 0.896. The Morgan fingerprint density at radius 2 is 2.00 bits per heavy atom. The molecule has 0 aromatic heterocycles. The zero-order valence-corrected chi connectivity index (χ0v) is 12.5. The van der Waals surface area contributed by atoms with Crippen LogP contribution in [0.15, 0.2) is 30.3 Å². The lowest BCUT2D eigenvalue weighted by Gasteiger charge is -2.32. The third-order valence-electron chi connectivity index (χ3n) is 4.37. The summed E-state index contributed by atoms with van der Waals surface area (Å²) < 4.78 is 0. The number of rotatable bonds is 4. The van der Waals surface area contributed by atoms with Crippen molar-refractivity contribution in [3.8, 4) is 0 Å². The number of nitrogens with one attached hydrogen (secondary N) is 1.